The second-order valence-electron chi connectivity index (χ2n) is 14.5. The summed E-state index contributed by atoms with van der Waals surface area (Å²) in [6, 6.07) is 22.8. The van der Waals surface area contributed by atoms with Crippen LogP contribution < -0.4 is 16.5 Å². The van der Waals surface area contributed by atoms with Crippen LogP contribution in [0, 0.1) is 40.8 Å². The highest BCUT2D eigenvalue weighted by molar-refractivity contribution is 14.1. The van der Waals surface area contributed by atoms with Crippen molar-refractivity contribution < 1.29 is 56.8 Å². The largest absolute Gasteiger partial charge is 0.458 e. The molecule has 370 valence electrons. The Morgan fingerprint density at radius 2 is 1.01 bits per heavy atom. The average Bonchev–Trinajstić information content (AvgIpc) is 4.19. The molecule has 0 atom stereocenters. The smallest absolute Gasteiger partial charge is 0.344 e. The molecular formula is C46H44IN9O15. The Labute approximate surface area is 416 Å². The Balaban J connectivity index is 0.000000207. The number of carbonyl (C=O) groups is 6. The molecule has 6 aromatic rings. The number of nitrogens with two attached hydrogens (primary N) is 1. The van der Waals surface area contributed by atoms with Gasteiger partial charge in [0.15, 0.2) is 29.9 Å². The van der Waals surface area contributed by atoms with Gasteiger partial charge in [-0.1, -0.05) is 20.8 Å². The minimum Gasteiger partial charge on any atom is -0.458 e. The number of furan rings is 3. The molecule has 24 nitrogen and oxygen atoms in total. The molecule has 0 aliphatic carbocycles. The number of halogens is 1. The van der Waals surface area contributed by atoms with Crippen LogP contribution in [0.15, 0.2) is 109 Å². The van der Waals surface area contributed by atoms with Crippen LogP contribution in [0.1, 0.15) is 70.1 Å². The first kappa shape index (κ1) is 54.9. The van der Waals surface area contributed by atoms with Crippen LogP contribution in [0.4, 0.5) is 26.7 Å². The van der Waals surface area contributed by atoms with Crippen molar-refractivity contribution in [1.29, 1.82) is 0 Å². The second kappa shape index (κ2) is 26.1. The minimum atomic E-state index is -0.582. The highest BCUT2D eigenvalue weighted by Crippen LogP contribution is 2.29. The lowest BCUT2D eigenvalue weighted by molar-refractivity contribution is -0.385. The van der Waals surface area contributed by atoms with E-state index in [1.807, 2.05) is 45.1 Å². The summed E-state index contributed by atoms with van der Waals surface area (Å²) in [4.78, 5) is 94.2. The van der Waals surface area contributed by atoms with Gasteiger partial charge in [-0.15, -0.1) is 0 Å². The van der Waals surface area contributed by atoms with Gasteiger partial charge in [0, 0.05) is 62.2 Å². The number of benzene rings is 3. The van der Waals surface area contributed by atoms with Crippen LogP contribution in [0.3, 0.4) is 0 Å². The van der Waals surface area contributed by atoms with E-state index in [1.54, 1.807) is 42.5 Å². The van der Waals surface area contributed by atoms with Crippen LogP contribution in [0.25, 0.3) is 22.6 Å². The van der Waals surface area contributed by atoms with Crippen LogP contribution in [-0.2, 0) is 28.9 Å². The quantitative estimate of drug-likeness (QED) is 0.0152. The van der Waals surface area contributed by atoms with Gasteiger partial charge in [0.1, 0.15) is 30.4 Å². The van der Waals surface area contributed by atoms with Crippen molar-refractivity contribution in [2.45, 2.75) is 47.0 Å². The molecule has 2 fully saturated rings. The second-order valence-corrected chi connectivity index (χ2v) is 15.8. The third kappa shape index (κ3) is 15.9. The Morgan fingerprint density at radius 1 is 0.620 bits per heavy atom. The van der Waals surface area contributed by atoms with E-state index < -0.39 is 32.7 Å². The number of nitro groups is 3. The normalized spacial score (nSPS) is 12.5. The number of imide groups is 2. The average molecular weight is 1090 g/mol. The number of nitrogens with zero attached hydrogens (tertiary/aromatic N) is 6. The summed E-state index contributed by atoms with van der Waals surface area (Å²) in [6.45, 7) is 7.54. The fourth-order valence-electron chi connectivity index (χ4n) is 6.05. The van der Waals surface area contributed by atoms with E-state index in [4.69, 9.17) is 19.1 Å². The number of carbonyl (C=O) groups excluding carboxylic acids is 6. The molecule has 8 rings (SSSR count). The molecule has 0 saturated carbocycles. The Morgan fingerprint density at radius 3 is 1.35 bits per heavy atom. The number of nitro benzene ring substituents is 3. The summed E-state index contributed by atoms with van der Waals surface area (Å²) >= 11 is 2.10. The summed E-state index contributed by atoms with van der Waals surface area (Å²) in [5.74, 6) is 7.34. The van der Waals surface area contributed by atoms with Gasteiger partial charge in [0.2, 0.25) is 11.8 Å². The Bertz CT molecular complexity index is 2930. The van der Waals surface area contributed by atoms with Crippen LogP contribution in [-0.4, -0.2) is 80.5 Å². The van der Waals surface area contributed by atoms with Gasteiger partial charge >= 0.3 is 12.1 Å². The molecule has 5 heterocycles. The van der Waals surface area contributed by atoms with Gasteiger partial charge in [0.05, 0.1) is 21.0 Å². The number of rotatable bonds is 12. The molecule has 0 unspecified atom stereocenters. The molecule has 2 aliphatic heterocycles. The molecule has 25 heteroatoms. The highest BCUT2D eigenvalue weighted by atomic mass is 127. The van der Waals surface area contributed by atoms with E-state index in [1.165, 1.54) is 42.6 Å². The number of aldehydes is 2. The predicted octanol–water partition coefficient (Wildman–Crippen LogP) is 8.11. The van der Waals surface area contributed by atoms with Gasteiger partial charge < -0.3 is 13.3 Å². The molecule has 71 heavy (non-hydrogen) atoms. The monoisotopic (exact) mass is 1090 g/mol. The van der Waals surface area contributed by atoms with E-state index >= 15 is 0 Å². The van der Waals surface area contributed by atoms with Crippen molar-refractivity contribution in [3.63, 3.8) is 0 Å². The van der Waals surface area contributed by atoms with E-state index in [0.29, 0.717) is 59.1 Å². The van der Waals surface area contributed by atoms with Crippen LogP contribution in [0.5, 0.6) is 0 Å². The zero-order valence-electron chi connectivity index (χ0n) is 38.2. The molecule has 6 amide bonds. The number of urea groups is 2. The van der Waals surface area contributed by atoms with E-state index in [2.05, 4.69) is 33.0 Å². The maximum atomic E-state index is 11.5. The SMILES string of the molecule is CCc1cc(-c2ccc([N+](=O)[O-])cc2)oc1/C=N/N1CC(=O)NC1=O.CCc1cc(-c2ccc([N+](=O)[O-])cc2)oc1C=O.CCc1cc(C)oc1C=O.NN1CC(=O)NC1=O.O=[N+]([O-])c1ccc(I)cc1. The fourth-order valence-corrected chi connectivity index (χ4v) is 6.41. The van der Waals surface area contributed by atoms with Crippen molar-refractivity contribution in [3.8, 4) is 22.6 Å². The molecule has 3 aromatic carbocycles. The topological polar surface area (TPSA) is 340 Å². The summed E-state index contributed by atoms with van der Waals surface area (Å²) < 4.78 is 17.2. The lowest BCUT2D eigenvalue weighted by atomic mass is 10.1. The third-order valence-electron chi connectivity index (χ3n) is 9.68. The first-order valence-electron chi connectivity index (χ1n) is 21.0. The Hall–Kier alpha value is -8.72. The van der Waals surface area contributed by atoms with Crippen molar-refractivity contribution in [3.05, 3.63) is 165 Å². The van der Waals surface area contributed by atoms with Gasteiger partial charge in [-0.3, -0.25) is 65.2 Å². The van der Waals surface area contributed by atoms with E-state index in [0.717, 1.165) is 48.7 Å². The molecule has 0 spiro atoms. The van der Waals surface area contributed by atoms with E-state index in [9.17, 15) is 59.1 Å². The van der Waals surface area contributed by atoms with Crippen LogP contribution in [0.2, 0.25) is 0 Å². The lowest BCUT2D eigenvalue weighted by Gasteiger charge is -2.03. The highest BCUT2D eigenvalue weighted by Gasteiger charge is 2.26. The number of aryl methyl sites for hydroxylation is 4. The first-order chi connectivity index (χ1) is 33.8. The zero-order valence-corrected chi connectivity index (χ0v) is 40.3. The predicted molar refractivity (Wildman–Crippen MR) is 262 cm³/mol. The maximum Gasteiger partial charge on any atom is 0.344 e. The molecule has 2 aliphatic rings. The number of amides is 6. The number of non-ortho nitro benzene ring substituents is 3. The lowest BCUT2D eigenvalue weighted by Crippen LogP contribution is -2.34. The molecular weight excluding hydrogens is 1050 g/mol. The number of hydrogen-bond donors (Lipinski definition) is 3. The van der Waals surface area contributed by atoms with Gasteiger partial charge in [-0.2, -0.15) is 5.10 Å². The standard InChI is InChI=1S/C16H14N4O5.C13H11NO4.C8H10O2.C6H4INO2.C3H5N3O2/c1-2-10-7-13(11-3-5-12(6-4-11)20(23)24)25-14(10)8-17-19-9-15(21)18-16(19)22;1-2-9-7-12(18-13(9)8-15)10-3-5-11(6-4-10)14(16)17;1-3-7-4-6(2)10-8(7)5-9;7-5-1-3-6(4-2-5)8(9)10;4-6-1-2(7)5-3(6)8/h3-8H,2,9H2,1H3,(H,18,21,22);3-8H,2H2,1H3;4-5H,3H2,1-2H3;1-4H;1,4H2,(H,5,7,8)/b17-8+;;;;. The molecule has 0 radical (unpaired) electrons. The molecule has 4 N–H and O–H groups in total. The minimum absolute atomic E-state index is 0.00230. The molecule has 3 aromatic heterocycles. The summed E-state index contributed by atoms with van der Waals surface area (Å²) in [5, 5.41) is 41.3. The summed E-state index contributed by atoms with van der Waals surface area (Å²) in [5.41, 5.74) is 4.25. The van der Waals surface area contributed by atoms with Crippen LogP contribution >= 0.6 is 22.6 Å². The van der Waals surface area contributed by atoms with Crippen molar-refractivity contribution in [2.24, 2.45) is 10.9 Å². The Kier molecular flexibility index (Phi) is 20.2. The zero-order chi connectivity index (χ0) is 52.4. The van der Waals surface area contributed by atoms with E-state index in [-0.39, 0.29) is 36.1 Å². The maximum absolute atomic E-state index is 11.5. The molecule has 0 bridgehead atoms. The fraction of sp³-hybridized carbons (Fsp3) is 0.196. The van der Waals surface area contributed by atoms with Crippen molar-refractivity contribution in [2.75, 3.05) is 13.1 Å². The van der Waals surface area contributed by atoms with Crippen molar-refractivity contribution in [1.82, 2.24) is 20.7 Å². The third-order valence-corrected chi connectivity index (χ3v) is 10.4. The summed E-state index contributed by atoms with van der Waals surface area (Å²) in [6.07, 6.45) is 5.03. The number of hydrazone groups is 1. The van der Waals surface area contributed by atoms with Gasteiger partial charge in [-0.05, 0) is 109 Å². The van der Waals surface area contributed by atoms with Gasteiger partial charge in [-0.25, -0.2) is 20.4 Å². The number of hydrogen-bond acceptors (Lipinski definition) is 17. The number of nitrogens with one attached hydrogen (secondary N) is 2. The number of hydrazine groups is 1. The summed E-state index contributed by atoms with van der Waals surface area (Å²) in [7, 11) is 0. The van der Waals surface area contributed by atoms with Gasteiger partial charge in [0.25, 0.3) is 17.1 Å². The molecule has 2 saturated heterocycles. The van der Waals surface area contributed by atoms with Crippen molar-refractivity contribution >= 4 is 82.3 Å². The first-order valence-corrected chi connectivity index (χ1v) is 22.0.